The van der Waals surface area contributed by atoms with Gasteiger partial charge in [0.15, 0.2) is 0 Å². The molecule has 126 valence electrons. The maximum atomic E-state index is 6.18. The largest absolute Gasteiger partial charge is 0.489 e. The summed E-state index contributed by atoms with van der Waals surface area (Å²) in [6.45, 7) is 8.41. The molecule has 1 aromatic rings. The maximum Gasteiger partial charge on any atom is 0.143 e. The fourth-order valence-electron chi connectivity index (χ4n) is 4.22. The zero-order valence-electron chi connectivity index (χ0n) is 14.5. The lowest BCUT2D eigenvalue weighted by atomic mass is 9.90. The average Bonchev–Trinajstić information content (AvgIpc) is 3.37. The summed E-state index contributed by atoms with van der Waals surface area (Å²) in [6.07, 6.45) is 5.99. The molecule has 4 nitrogen and oxygen atoms in total. The van der Waals surface area contributed by atoms with Crippen LogP contribution in [0.5, 0.6) is 5.75 Å². The number of hydrogen-bond donors (Lipinski definition) is 1. The third kappa shape index (κ3) is 2.72. The third-order valence-corrected chi connectivity index (χ3v) is 5.57. The Hall–Kier alpha value is -1.26. The van der Waals surface area contributed by atoms with Crippen molar-refractivity contribution in [3.8, 4) is 5.75 Å². The highest BCUT2D eigenvalue weighted by atomic mass is 16.5. The van der Waals surface area contributed by atoms with Crippen molar-refractivity contribution < 1.29 is 4.74 Å². The van der Waals surface area contributed by atoms with E-state index in [1.807, 2.05) is 5.01 Å². The van der Waals surface area contributed by atoms with Gasteiger partial charge in [-0.2, -0.15) is 0 Å². The molecule has 1 atom stereocenters. The highest BCUT2D eigenvalue weighted by Gasteiger charge is 2.37. The second-order valence-corrected chi connectivity index (χ2v) is 7.44. The van der Waals surface area contributed by atoms with Crippen molar-refractivity contribution in [3.05, 3.63) is 22.8 Å². The zero-order chi connectivity index (χ0) is 16.0. The number of nitrogens with two attached hydrogens (primary N) is 1. The highest BCUT2D eigenvalue weighted by molar-refractivity contribution is 5.71. The van der Waals surface area contributed by atoms with Crippen LogP contribution in [-0.2, 0) is 12.8 Å². The quantitative estimate of drug-likeness (QED) is 0.871. The molecule has 0 unspecified atom stereocenters. The minimum Gasteiger partial charge on any atom is -0.489 e. The van der Waals surface area contributed by atoms with Crippen LogP contribution in [0.25, 0.3) is 0 Å². The van der Waals surface area contributed by atoms with Gasteiger partial charge in [0.1, 0.15) is 12.4 Å². The summed E-state index contributed by atoms with van der Waals surface area (Å²) in [5.41, 5.74) is 6.08. The van der Waals surface area contributed by atoms with Gasteiger partial charge >= 0.3 is 0 Å². The number of benzene rings is 1. The van der Waals surface area contributed by atoms with Crippen LogP contribution in [0.1, 0.15) is 55.7 Å². The maximum absolute atomic E-state index is 6.18. The van der Waals surface area contributed by atoms with Gasteiger partial charge in [-0.05, 0) is 67.7 Å². The molecule has 23 heavy (non-hydrogen) atoms. The number of anilines is 1. The molecule has 0 radical (unpaired) electrons. The molecular weight excluding hydrogens is 286 g/mol. The summed E-state index contributed by atoms with van der Waals surface area (Å²) in [6, 6.07) is 2.79. The van der Waals surface area contributed by atoms with E-state index >= 15 is 0 Å². The lowest BCUT2D eigenvalue weighted by Gasteiger charge is -2.39. The van der Waals surface area contributed by atoms with E-state index in [1.54, 1.807) is 11.1 Å². The molecule has 4 rings (SSSR count). The van der Waals surface area contributed by atoms with E-state index in [2.05, 4.69) is 24.8 Å². The molecule has 0 spiro atoms. The second kappa shape index (κ2) is 5.99. The number of hydrogen-bond acceptors (Lipinski definition) is 4. The summed E-state index contributed by atoms with van der Waals surface area (Å²) in [7, 11) is 0. The number of fused-ring (bicyclic) bond motifs is 2. The van der Waals surface area contributed by atoms with Crippen molar-refractivity contribution in [3.63, 3.8) is 0 Å². The predicted octanol–water partition coefficient (Wildman–Crippen LogP) is 2.84. The minimum atomic E-state index is 0.467. The summed E-state index contributed by atoms with van der Waals surface area (Å²) < 4.78 is 6.18. The molecule has 0 amide bonds. The molecule has 1 aliphatic carbocycles. The predicted molar refractivity (Wildman–Crippen MR) is 94.2 cm³/mol. The molecule has 4 heteroatoms. The van der Waals surface area contributed by atoms with Crippen molar-refractivity contribution in [1.82, 2.24) is 5.01 Å². The van der Waals surface area contributed by atoms with E-state index in [1.165, 1.54) is 30.5 Å². The number of rotatable bonds is 3. The SMILES string of the molecule is CCCN1c2c(cc3c(c2C2CC2)CCN(N)CC3)OC[C@H]1C. The van der Waals surface area contributed by atoms with Gasteiger partial charge in [0.2, 0.25) is 0 Å². The van der Waals surface area contributed by atoms with Crippen molar-refractivity contribution in [1.29, 1.82) is 0 Å². The van der Waals surface area contributed by atoms with E-state index in [-0.39, 0.29) is 0 Å². The van der Waals surface area contributed by atoms with E-state index in [4.69, 9.17) is 10.6 Å². The van der Waals surface area contributed by atoms with Crippen LogP contribution in [0, 0.1) is 0 Å². The fourth-order valence-corrected chi connectivity index (χ4v) is 4.22. The summed E-state index contributed by atoms with van der Waals surface area (Å²) in [5, 5.41) is 1.98. The molecule has 3 aliphatic rings. The third-order valence-electron chi connectivity index (χ3n) is 5.57. The second-order valence-electron chi connectivity index (χ2n) is 7.44. The van der Waals surface area contributed by atoms with Crippen LogP contribution < -0.4 is 15.5 Å². The highest BCUT2D eigenvalue weighted by Crippen LogP contribution is 2.52. The number of ether oxygens (including phenoxy) is 1. The Kier molecular flexibility index (Phi) is 3.98. The first kappa shape index (κ1) is 15.3. The first-order valence-corrected chi connectivity index (χ1v) is 9.26. The van der Waals surface area contributed by atoms with Crippen LogP contribution in [0.4, 0.5) is 5.69 Å². The fraction of sp³-hybridized carbons (Fsp3) is 0.684. The summed E-state index contributed by atoms with van der Waals surface area (Å²) in [5.74, 6) is 7.97. The van der Waals surface area contributed by atoms with Gasteiger partial charge < -0.3 is 9.64 Å². The monoisotopic (exact) mass is 315 g/mol. The van der Waals surface area contributed by atoms with Gasteiger partial charge in [-0.25, -0.2) is 5.01 Å². The van der Waals surface area contributed by atoms with Gasteiger partial charge in [0.25, 0.3) is 0 Å². The van der Waals surface area contributed by atoms with Crippen LogP contribution in [0.15, 0.2) is 6.07 Å². The molecule has 0 bridgehead atoms. The molecule has 1 aromatic carbocycles. The number of nitrogens with zero attached hydrogens (tertiary/aromatic N) is 2. The molecule has 0 saturated heterocycles. The van der Waals surface area contributed by atoms with E-state index in [9.17, 15) is 0 Å². The molecular formula is C19H29N3O. The van der Waals surface area contributed by atoms with Crippen molar-refractivity contribution in [2.24, 2.45) is 5.84 Å². The van der Waals surface area contributed by atoms with Crippen molar-refractivity contribution in [2.75, 3.05) is 31.1 Å². The summed E-state index contributed by atoms with van der Waals surface area (Å²) in [4.78, 5) is 2.61. The Morgan fingerprint density at radius 3 is 2.78 bits per heavy atom. The first-order chi connectivity index (χ1) is 11.2. The van der Waals surface area contributed by atoms with Gasteiger partial charge in [0, 0.05) is 19.6 Å². The molecule has 1 fully saturated rings. The normalized spacial score (nSPS) is 24.7. The topological polar surface area (TPSA) is 41.7 Å². The zero-order valence-corrected chi connectivity index (χ0v) is 14.5. The standard InChI is InChI=1S/C19H29N3O/c1-3-8-22-13(2)12-23-17-11-15-6-9-21(20)10-7-16(15)18(19(17)22)14-4-5-14/h11,13-14H,3-10,12,20H2,1-2H3/t13-/m1/s1. The van der Waals surface area contributed by atoms with E-state index in [0.717, 1.165) is 50.8 Å². The van der Waals surface area contributed by atoms with Gasteiger partial charge in [0.05, 0.1) is 11.7 Å². The Morgan fingerprint density at radius 2 is 2.04 bits per heavy atom. The molecule has 2 aliphatic heterocycles. The lowest BCUT2D eigenvalue weighted by molar-refractivity contribution is 0.269. The Morgan fingerprint density at radius 1 is 1.26 bits per heavy atom. The first-order valence-electron chi connectivity index (χ1n) is 9.26. The Bertz CT molecular complexity index is 597. The average molecular weight is 315 g/mol. The summed E-state index contributed by atoms with van der Waals surface area (Å²) >= 11 is 0. The van der Waals surface area contributed by atoms with Gasteiger partial charge in [-0.1, -0.05) is 6.92 Å². The lowest BCUT2D eigenvalue weighted by Crippen LogP contribution is -2.42. The molecule has 2 N–H and O–H groups in total. The molecule has 0 aromatic heterocycles. The van der Waals surface area contributed by atoms with Crippen LogP contribution in [-0.4, -0.2) is 37.3 Å². The van der Waals surface area contributed by atoms with Gasteiger partial charge in [-0.3, -0.25) is 5.84 Å². The molecule has 2 heterocycles. The van der Waals surface area contributed by atoms with E-state index in [0.29, 0.717) is 6.04 Å². The molecule has 1 saturated carbocycles. The van der Waals surface area contributed by atoms with Crippen LogP contribution in [0.3, 0.4) is 0 Å². The Labute approximate surface area is 139 Å². The van der Waals surface area contributed by atoms with Crippen LogP contribution >= 0.6 is 0 Å². The van der Waals surface area contributed by atoms with Gasteiger partial charge in [-0.15, -0.1) is 0 Å². The smallest absolute Gasteiger partial charge is 0.143 e. The Balaban J connectivity index is 1.86. The van der Waals surface area contributed by atoms with Crippen molar-refractivity contribution in [2.45, 2.75) is 57.9 Å². The van der Waals surface area contributed by atoms with Crippen LogP contribution in [0.2, 0.25) is 0 Å². The van der Waals surface area contributed by atoms with Crippen molar-refractivity contribution >= 4 is 5.69 Å². The van der Waals surface area contributed by atoms with E-state index < -0.39 is 0 Å². The number of hydrazine groups is 1. The minimum absolute atomic E-state index is 0.467.